The number of thiazole rings is 1. The van der Waals surface area contributed by atoms with Gasteiger partial charge >= 0.3 is 0 Å². The fraction of sp³-hybridized carbons (Fsp3) is 0.280. The number of hydrogen-bond donors (Lipinski definition) is 0. The van der Waals surface area contributed by atoms with Gasteiger partial charge in [0.1, 0.15) is 5.69 Å². The highest BCUT2D eigenvalue weighted by Crippen LogP contribution is 2.29. The van der Waals surface area contributed by atoms with Crippen LogP contribution in [0, 0.1) is 6.92 Å². The highest BCUT2D eigenvalue weighted by atomic mass is 32.1. The molecule has 0 aliphatic heterocycles. The quantitative estimate of drug-likeness (QED) is 0.399. The Kier molecular flexibility index (Phi) is 6.84. The zero-order valence-corrected chi connectivity index (χ0v) is 19.6. The van der Waals surface area contributed by atoms with Crippen LogP contribution in [0.4, 0.5) is 0 Å². The standard InChI is InChI=1S/C25H25N3O4S/c1-4-12-32-20-11-10-18(14-21(20)31-5-2)15-22-24(30)28-25(33-22)26-23(29)19(27-28)13-17-8-6-16(3)7-9-17/h6-11,14-15H,4-5,12-13H2,1-3H3/b22-15-. The summed E-state index contributed by atoms with van der Waals surface area (Å²) in [6.07, 6.45) is 2.96. The molecule has 8 heteroatoms. The monoisotopic (exact) mass is 463 g/mol. The van der Waals surface area contributed by atoms with Crippen molar-refractivity contribution in [1.29, 1.82) is 0 Å². The van der Waals surface area contributed by atoms with E-state index in [1.54, 1.807) is 6.08 Å². The van der Waals surface area contributed by atoms with E-state index < -0.39 is 5.56 Å². The number of nitrogens with zero attached hydrogens (tertiary/aromatic N) is 3. The minimum absolute atomic E-state index is 0.244. The van der Waals surface area contributed by atoms with Crippen LogP contribution in [0.2, 0.25) is 0 Å². The second kappa shape index (κ2) is 9.95. The predicted molar refractivity (Wildman–Crippen MR) is 130 cm³/mol. The molecule has 4 rings (SSSR count). The number of rotatable bonds is 8. The Labute approximate surface area is 195 Å². The Hall–Kier alpha value is -3.52. The van der Waals surface area contributed by atoms with E-state index in [1.807, 2.05) is 63.2 Å². The van der Waals surface area contributed by atoms with Crippen LogP contribution in [0.25, 0.3) is 11.0 Å². The molecule has 7 nitrogen and oxygen atoms in total. The van der Waals surface area contributed by atoms with Gasteiger partial charge in [0, 0.05) is 6.42 Å². The van der Waals surface area contributed by atoms with Gasteiger partial charge in [-0.3, -0.25) is 9.59 Å². The van der Waals surface area contributed by atoms with Gasteiger partial charge in [-0.2, -0.15) is 14.6 Å². The molecule has 0 aliphatic rings. The molecule has 2 heterocycles. The first-order chi connectivity index (χ1) is 16.0. The minimum Gasteiger partial charge on any atom is -0.490 e. The molecule has 0 atom stereocenters. The third kappa shape index (κ3) is 5.12. The van der Waals surface area contributed by atoms with Gasteiger partial charge in [0.15, 0.2) is 11.5 Å². The number of aromatic nitrogens is 3. The molecule has 2 aromatic carbocycles. The van der Waals surface area contributed by atoms with Gasteiger partial charge in [-0.1, -0.05) is 54.2 Å². The molecule has 0 amide bonds. The van der Waals surface area contributed by atoms with Crippen molar-refractivity contribution in [3.63, 3.8) is 0 Å². The summed E-state index contributed by atoms with van der Waals surface area (Å²) >= 11 is 1.14. The smallest absolute Gasteiger partial charge is 0.296 e. The largest absolute Gasteiger partial charge is 0.490 e. The summed E-state index contributed by atoms with van der Waals surface area (Å²) in [7, 11) is 0. The Morgan fingerprint density at radius 2 is 1.82 bits per heavy atom. The van der Waals surface area contributed by atoms with Crippen LogP contribution in [0.1, 0.15) is 42.7 Å². The molecule has 0 bridgehead atoms. The molecule has 170 valence electrons. The topological polar surface area (TPSA) is 82.8 Å². The summed E-state index contributed by atoms with van der Waals surface area (Å²) in [5, 5.41) is 4.32. The third-order valence-electron chi connectivity index (χ3n) is 4.97. The van der Waals surface area contributed by atoms with Crippen LogP contribution in [0.15, 0.2) is 52.1 Å². The molecule has 0 saturated heterocycles. The van der Waals surface area contributed by atoms with Crippen LogP contribution in [0.5, 0.6) is 11.5 Å². The fourth-order valence-corrected chi connectivity index (χ4v) is 4.22. The van der Waals surface area contributed by atoms with Gasteiger partial charge in [0.05, 0.1) is 17.7 Å². The Balaban J connectivity index is 1.72. The average Bonchev–Trinajstić information content (AvgIpc) is 3.09. The lowest BCUT2D eigenvalue weighted by Gasteiger charge is -2.11. The van der Waals surface area contributed by atoms with Gasteiger partial charge in [-0.15, -0.1) is 0 Å². The molecule has 2 aromatic heterocycles. The van der Waals surface area contributed by atoms with Crippen molar-refractivity contribution >= 4 is 22.4 Å². The van der Waals surface area contributed by atoms with E-state index >= 15 is 0 Å². The lowest BCUT2D eigenvalue weighted by atomic mass is 10.1. The molecule has 4 aromatic rings. The Morgan fingerprint density at radius 1 is 1.03 bits per heavy atom. The fourth-order valence-electron chi connectivity index (χ4n) is 3.32. The first-order valence-electron chi connectivity index (χ1n) is 10.9. The highest BCUT2D eigenvalue weighted by Gasteiger charge is 2.12. The van der Waals surface area contributed by atoms with E-state index in [1.165, 1.54) is 4.52 Å². The zero-order chi connectivity index (χ0) is 23.4. The van der Waals surface area contributed by atoms with Gasteiger partial charge in [0.2, 0.25) is 4.96 Å². The molecule has 0 fully saturated rings. The average molecular weight is 464 g/mol. The minimum atomic E-state index is -0.417. The lowest BCUT2D eigenvalue weighted by Crippen LogP contribution is -2.28. The normalized spacial score (nSPS) is 11.8. The summed E-state index contributed by atoms with van der Waals surface area (Å²) in [6, 6.07) is 13.4. The van der Waals surface area contributed by atoms with Gasteiger partial charge in [-0.25, -0.2) is 0 Å². The lowest BCUT2D eigenvalue weighted by molar-refractivity contribution is 0.277. The Bertz CT molecular complexity index is 1440. The van der Waals surface area contributed by atoms with Crippen LogP contribution in [0.3, 0.4) is 0 Å². The van der Waals surface area contributed by atoms with Crippen LogP contribution < -0.4 is 25.1 Å². The maximum absolute atomic E-state index is 13.0. The molecular formula is C25H25N3O4S. The van der Waals surface area contributed by atoms with E-state index in [4.69, 9.17) is 9.47 Å². The first-order valence-corrected chi connectivity index (χ1v) is 11.7. The van der Waals surface area contributed by atoms with E-state index in [0.717, 1.165) is 34.4 Å². The van der Waals surface area contributed by atoms with Crippen LogP contribution >= 0.6 is 11.3 Å². The van der Waals surface area contributed by atoms with Crippen molar-refractivity contribution < 1.29 is 9.47 Å². The molecule has 33 heavy (non-hydrogen) atoms. The molecule has 0 spiro atoms. The number of ether oxygens (including phenoxy) is 2. The van der Waals surface area contributed by atoms with E-state index in [-0.39, 0.29) is 16.2 Å². The maximum atomic E-state index is 13.0. The summed E-state index contributed by atoms with van der Waals surface area (Å²) in [5.41, 5.74) is 2.38. The first kappa shape index (κ1) is 22.7. The summed E-state index contributed by atoms with van der Waals surface area (Å²) in [6.45, 7) is 7.05. The molecule has 0 N–H and O–H groups in total. The zero-order valence-electron chi connectivity index (χ0n) is 18.8. The number of aryl methyl sites for hydroxylation is 1. The number of benzene rings is 2. The summed E-state index contributed by atoms with van der Waals surface area (Å²) in [4.78, 5) is 29.9. The van der Waals surface area contributed by atoms with Crippen LogP contribution in [-0.4, -0.2) is 27.8 Å². The summed E-state index contributed by atoms with van der Waals surface area (Å²) < 4.78 is 13.1. The number of hydrogen-bond acceptors (Lipinski definition) is 7. The number of fused-ring (bicyclic) bond motifs is 1. The van der Waals surface area contributed by atoms with Crippen molar-refractivity contribution in [3.05, 3.63) is 90.1 Å². The van der Waals surface area contributed by atoms with Crippen molar-refractivity contribution in [2.24, 2.45) is 0 Å². The Morgan fingerprint density at radius 3 is 2.55 bits per heavy atom. The van der Waals surface area contributed by atoms with Gasteiger partial charge in [0.25, 0.3) is 11.1 Å². The molecule has 0 aliphatic carbocycles. The van der Waals surface area contributed by atoms with Crippen molar-refractivity contribution in [1.82, 2.24) is 14.6 Å². The predicted octanol–water partition coefficient (Wildman–Crippen LogP) is 3.15. The highest BCUT2D eigenvalue weighted by molar-refractivity contribution is 7.15. The van der Waals surface area contributed by atoms with Crippen molar-refractivity contribution in [3.8, 4) is 11.5 Å². The van der Waals surface area contributed by atoms with E-state index in [9.17, 15) is 9.59 Å². The van der Waals surface area contributed by atoms with Gasteiger partial charge in [-0.05, 0) is 49.6 Å². The van der Waals surface area contributed by atoms with Gasteiger partial charge < -0.3 is 9.47 Å². The van der Waals surface area contributed by atoms with Crippen LogP contribution in [-0.2, 0) is 6.42 Å². The molecule has 0 saturated carbocycles. The molecule has 0 radical (unpaired) electrons. The molecule has 0 unspecified atom stereocenters. The second-order valence-corrected chi connectivity index (χ2v) is 8.63. The molecular weight excluding hydrogens is 438 g/mol. The van der Waals surface area contributed by atoms with Crippen molar-refractivity contribution in [2.75, 3.05) is 13.2 Å². The summed E-state index contributed by atoms with van der Waals surface area (Å²) in [5.74, 6) is 1.29. The van der Waals surface area contributed by atoms with Crippen molar-refractivity contribution in [2.45, 2.75) is 33.6 Å². The third-order valence-corrected chi connectivity index (χ3v) is 5.93. The van der Waals surface area contributed by atoms with E-state index in [0.29, 0.717) is 35.7 Å². The maximum Gasteiger partial charge on any atom is 0.296 e. The second-order valence-electron chi connectivity index (χ2n) is 7.62. The van der Waals surface area contributed by atoms with E-state index in [2.05, 4.69) is 10.1 Å². The SMILES string of the molecule is CCCOc1ccc(/C=c2\sc3nc(=O)c(Cc4ccc(C)cc4)nn3c2=O)cc1OCC.